The smallest absolute Gasteiger partial charge is 0.371 e. The number of aliphatic carboxylic acids is 1. The lowest BCUT2D eigenvalue weighted by molar-refractivity contribution is -0.135. The van der Waals surface area contributed by atoms with E-state index in [2.05, 4.69) is 6.92 Å². The first-order valence-corrected chi connectivity index (χ1v) is 6.90. The maximum atomic E-state index is 11.1. The number of hydrogen-bond acceptors (Lipinski definition) is 2. The van der Waals surface area contributed by atoms with Gasteiger partial charge in [0.05, 0.1) is 0 Å². The molecule has 0 unspecified atom stereocenters. The predicted octanol–water partition coefficient (Wildman–Crippen LogP) is 4.39. The fourth-order valence-electron chi connectivity index (χ4n) is 1.77. The first-order valence-electron chi connectivity index (χ1n) is 6.90. The van der Waals surface area contributed by atoms with E-state index in [1.807, 2.05) is 18.2 Å². The van der Waals surface area contributed by atoms with Gasteiger partial charge in [0.2, 0.25) is 5.76 Å². The summed E-state index contributed by atoms with van der Waals surface area (Å²) < 4.78 is 5.37. The molecule has 1 rings (SSSR count). The highest BCUT2D eigenvalue weighted by molar-refractivity contribution is 5.84. The van der Waals surface area contributed by atoms with Crippen molar-refractivity contribution in [2.45, 2.75) is 45.4 Å². The average molecular weight is 262 g/mol. The molecule has 0 aliphatic heterocycles. The molecular formula is C16H22O3. The highest BCUT2D eigenvalue weighted by Crippen LogP contribution is 2.14. The summed E-state index contributed by atoms with van der Waals surface area (Å²) in [7, 11) is 0. The van der Waals surface area contributed by atoms with Gasteiger partial charge in [-0.1, -0.05) is 50.8 Å². The fraction of sp³-hybridized carbons (Fsp3) is 0.438. The molecule has 0 bridgehead atoms. The van der Waals surface area contributed by atoms with Gasteiger partial charge in [0.1, 0.15) is 5.75 Å². The van der Waals surface area contributed by atoms with Crippen LogP contribution in [0, 0.1) is 0 Å². The molecule has 104 valence electrons. The van der Waals surface area contributed by atoms with Crippen molar-refractivity contribution in [1.29, 1.82) is 0 Å². The molecule has 0 amide bonds. The van der Waals surface area contributed by atoms with Gasteiger partial charge in [-0.2, -0.15) is 0 Å². The van der Waals surface area contributed by atoms with Gasteiger partial charge in [0, 0.05) is 0 Å². The quantitative estimate of drug-likeness (QED) is 0.408. The molecule has 1 aromatic carbocycles. The zero-order chi connectivity index (χ0) is 13.9. The van der Waals surface area contributed by atoms with E-state index < -0.39 is 5.97 Å². The van der Waals surface area contributed by atoms with Gasteiger partial charge < -0.3 is 9.84 Å². The summed E-state index contributed by atoms with van der Waals surface area (Å²) in [4.78, 5) is 11.1. The molecule has 0 spiro atoms. The van der Waals surface area contributed by atoms with E-state index in [0.29, 0.717) is 5.75 Å². The van der Waals surface area contributed by atoms with Crippen molar-refractivity contribution < 1.29 is 14.6 Å². The second kappa shape index (κ2) is 9.20. The molecular weight excluding hydrogens is 240 g/mol. The lowest BCUT2D eigenvalue weighted by atomic mass is 10.1. The minimum Gasteiger partial charge on any atom is -0.475 e. The molecule has 0 aliphatic rings. The first-order chi connectivity index (χ1) is 9.24. The summed E-state index contributed by atoms with van der Waals surface area (Å²) in [6, 6.07) is 9.00. The number of para-hydroxylation sites is 1. The molecule has 0 aliphatic carbocycles. The molecule has 1 aromatic rings. The largest absolute Gasteiger partial charge is 0.475 e. The van der Waals surface area contributed by atoms with Crippen LogP contribution in [0.4, 0.5) is 0 Å². The van der Waals surface area contributed by atoms with Crippen molar-refractivity contribution in [2.24, 2.45) is 0 Å². The SMILES string of the molecule is CCCCCCCC=C(Oc1ccccc1)C(=O)O. The molecule has 1 N–H and O–H groups in total. The summed E-state index contributed by atoms with van der Waals surface area (Å²) in [6.07, 6.45) is 8.24. The van der Waals surface area contributed by atoms with E-state index in [1.54, 1.807) is 18.2 Å². The maximum Gasteiger partial charge on any atom is 0.371 e. The number of carbonyl (C=O) groups is 1. The second-order valence-corrected chi connectivity index (χ2v) is 4.49. The van der Waals surface area contributed by atoms with Crippen LogP contribution in [0.5, 0.6) is 5.75 Å². The summed E-state index contributed by atoms with van der Waals surface area (Å²) in [6.45, 7) is 2.18. The Hall–Kier alpha value is -1.77. The molecule has 0 saturated carbocycles. The van der Waals surface area contributed by atoms with Crippen LogP contribution in [0.15, 0.2) is 42.2 Å². The normalized spacial score (nSPS) is 11.3. The molecule has 0 heterocycles. The topological polar surface area (TPSA) is 46.5 Å². The molecule has 0 aromatic heterocycles. The fourth-order valence-corrected chi connectivity index (χ4v) is 1.77. The standard InChI is InChI=1S/C16H22O3/c1-2-3-4-5-6-10-13-15(16(17)18)19-14-11-8-7-9-12-14/h7-9,11-13H,2-6,10H2,1H3,(H,17,18). The maximum absolute atomic E-state index is 11.1. The number of carboxylic acid groups (broad SMARTS) is 1. The Kier molecular flexibility index (Phi) is 7.40. The van der Waals surface area contributed by atoms with Crippen LogP contribution in [0.3, 0.4) is 0 Å². The van der Waals surface area contributed by atoms with Gasteiger partial charge in [0.15, 0.2) is 0 Å². The molecule has 3 nitrogen and oxygen atoms in total. The molecule has 3 heteroatoms. The van der Waals surface area contributed by atoms with Crippen molar-refractivity contribution >= 4 is 5.97 Å². The number of benzene rings is 1. The van der Waals surface area contributed by atoms with Crippen molar-refractivity contribution in [3.8, 4) is 5.75 Å². The number of hydrogen-bond donors (Lipinski definition) is 1. The highest BCUT2D eigenvalue weighted by atomic mass is 16.5. The Balaban J connectivity index is 2.42. The van der Waals surface area contributed by atoms with Crippen molar-refractivity contribution in [3.63, 3.8) is 0 Å². The lowest BCUT2D eigenvalue weighted by Crippen LogP contribution is -2.07. The van der Waals surface area contributed by atoms with Gasteiger partial charge in [-0.05, 0) is 31.1 Å². The molecule has 0 radical (unpaired) electrons. The van der Waals surface area contributed by atoms with Crippen LogP contribution in [0.25, 0.3) is 0 Å². The summed E-state index contributed by atoms with van der Waals surface area (Å²) in [5.74, 6) is -0.443. The Bertz CT molecular complexity index is 396. The van der Waals surface area contributed by atoms with Crippen LogP contribution < -0.4 is 4.74 Å². The van der Waals surface area contributed by atoms with E-state index in [4.69, 9.17) is 9.84 Å². The van der Waals surface area contributed by atoms with Crippen molar-refractivity contribution in [2.75, 3.05) is 0 Å². The van der Waals surface area contributed by atoms with E-state index in [9.17, 15) is 4.79 Å². The average Bonchev–Trinajstić information content (AvgIpc) is 2.42. The third-order valence-electron chi connectivity index (χ3n) is 2.82. The summed E-state index contributed by atoms with van der Waals surface area (Å²) >= 11 is 0. The Morgan fingerprint density at radius 3 is 2.47 bits per heavy atom. The van der Waals surface area contributed by atoms with E-state index in [0.717, 1.165) is 19.3 Å². The van der Waals surface area contributed by atoms with Crippen molar-refractivity contribution in [3.05, 3.63) is 42.2 Å². The monoisotopic (exact) mass is 262 g/mol. The number of allylic oxidation sites excluding steroid dienone is 1. The van der Waals surface area contributed by atoms with Crippen LogP contribution in [-0.2, 0) is 4.79 Å². The van der Waals surface area contributed by atoms with Gasteiger partial charge in [-0.3, -0.25) is 0 Å². The molecule has 19 heavy (non-hydrogen) atoms. The number of ether oxygens (including phenoxy) is 1. The summed E-state index contributed by atoms with van der Waals surface area (Å²) in [5, 5.41) is 9.08. The molecule has 0 atom stereocenters. The zero-order valence-corrected chi connectivity index (χ0v) is 11.5. The number of unbranched alkanes of at least 4 members (excludes halogenated alkanes) is 5. The number of rotatable bonds is 9. The van der Waals surface area contributed by atoms with E-state index in [1.165, 1.54) is 19.3 Å². The minimum absolute atomic E-state index is 0.0155. The third-order valence-corrected chi connectivity index (χ3v) is 2.82. The minimum atomic E-state index is -1.02. The van der Waals surface area contributed by atoms with Gasteiger partial charge in [-0.25, -0.2) is 4.79 Å². The van der Waals surface area contributed by atoms with Crippen LogP contribution in [-0.4, -0.2) is 11.1 Å². The first kappa shape index (κ1) is 15.3. The predicted molar refractivity (Wildman–Crippen MR) is 76.2 cm³/mol. The number of carboxylic acids is 1. The Morgan fingerprint density at radius 2 is 1.84 bits per heavy atom. The van der Waals surface area contributed by atoms with Crippen LogP contribution >= 0.6 is 0 Å². The van der Waals surface area contributed by atoms with E-state index >= 15 is 0 Å². The third kappa shape index (κ3) is 6.65. The van der Waals surface area contributed by atoms with E-state index in [-0.39, 0.29) is 5.76 Å². The molecule has 0 fully saturated rings. The van der Waals surface area contributed by atoms with Gasteiger partial charge >= 0.3 is 5.97 Å². The van der Waals surface area contributed by atoms with Crippen LogP contribution in [0.2, 0.25) is 0 Å². The molecule has 0 saturated heterocycles. The zero-order valence-electron chi connectivity index (χ0n) is 11.5. The van der Waals surface area contributed by atoms with Crippen molar-refractivity contribution in [1.82, 2.24) is 0 Å². The van der Waals surface area contributed by atoms with Crippen LogP contribution in [0.1, 0.15) is 45.4 Å². The lowest BCUT2D eigenvalue weighted by Gasteiger charge is -2.06. The van der Waals surface area contributed by atoms with Gasteiger partial charge in [0.25, 0.3) is 0 Å². The highest BCUT2D eigenvalue weighted by Gasteiger charge is 2.09. The Labute approximate surface area is 114 Å². The second-order valence-electron chi connectivity index (χ2n) is 4.49. The Morgan fingerprint density at radius 1 is 1.16 bits per heavy atom. The summed E-state index contributed by atoms with van der Waals surface area (Å²) in [5.41, 5.74) is 0. The van der Waals surface area contributed by atoms with Gasteiger partial charge in [-0.15, -0.1) is 0 Å².